The second kappa shape index (κ2) is 4.77. The number of hydrogen-bond acceptors (Lipinski definition) is 3. The Morgan fingerprint density at radius 2 is 2.13 bits per heavy atom. The summed E-state index contributed by atoms with van der Waals surface area (Å²) in [6, 6.07) is 4.12. The fourth-order valence-corrected chi connectivity index (χ4v) is 1.15. The monoisotopic (exact) mass is 212 g/mol. The van der Waals surface area contributed by atoms with Crippen LogP contribution < -0.4 is 4.74 Å². The highest BCUT2D eigenvalue weighted by molar-refractivity contribution is 5.74. The molecular weight excluding hydrogens is 199 g/mol. The minimum absolute atomic E-state index is 0.328. The maximum Gasteiger partial charge on any atom is 0.346 e. The molecule has 1 atom stereocenters. The van der Waals surface area contributed by atoms with Crippen molar-refractivity contribution in [3.63, 3.8) is 0 Å². The van der Waals surface area contributed by atoms with E-state index in [4.69, 9.17) is 4.74 Å². The molecule has 0 fully saturated rings. The van der Waals surface area contributed by atoms with Crippen LogP contribution in [0, 0.1) is 12.7 Å². The predicted molar refractivity (Wildman–Crippen MR) is 53.2 cm³/mol. The highest BCUT2D eigenvalue weighted by Gasteiger charge is 2.15. The summed E-state index contributed by atoms with van der Waals surface area (Å²) in [5.41, 5.74) is 0.644. The van der Waals surface area contributed by atoms with E-state index >= 15 is 0 Å². The third kappa shape index (κ3) is 2.94. The number of esters is 1. The fourth-order valence-electron chi connectivity index (χ4n) is 1.15. The van der Waals surface area contributed by atoms with Gasteiger partial charge in [-0.15, -0.1) is 0 Å². The first kappa shape index (κ1) is 11.5. The minimum atomic E-state index is -0.695. The molecule has 15 heavy (non-hydrogen) atoms. The number of halogens is 1. The number of methoxy groups -OCH3 is 1. The molecule has 82 valence electrons. The summed E-state index contributed by atoms with van der Waals surface area (Å²) in [5, 5.41) is 0. The first-order chi connectivity index (χ1) is 7.04. The van der Waals surface area contributed by atoms with E-state index in [2.05, 4.69) is 4.74 Å². The molecule has 3 nitrogen and oxygen atoms in total. The van der Waals surface area contributed by atoms with Gasteiger partial charge in [0.25, 0.3) is 0 Å². The summed E-state index contributed by atoms with van der Waals surface area (Å²) in [6.45, 7) is 3.29. The second-order valence-corrected chi connectivity index (χ2v) is 3.19. The van der Waals surface area contributed by atoms with Crippen molar-refractivity contribution in [2.45, 2.75) is 20.0 Å². The number of hydrogen-bond donors (Lipinski definition) is 0. The molecule has 0 saturated heterocycles. The van der Waals surface area contributed by atoms with Crippen LogP contribution in [0.4, 0.5) is 4.39 Å². The first-order valence-corrected chi connectivity index (χ1v) is 4.55. The van der Waals surface area contributed by atoms with Crippen LogP contribution in [-0.2, 0) is 9.53 Å². The lowest BCUT2D eigenvalue weighted by Gasteiger charge is -2.14. The molecule has 0 N–H and O–H groups in total. The van der Waals surface area contributed by atoms with Crippen molar-refractivity contribution < 1.29 is 18.7 Å². The Labute approximate surface area is 87.8 Å². The van der Waals surface area contributed by atoms with Crippen molar-refractivity contribution in [2.75, 3.05) is 7.11 Å². The van der Waals surface area contributed by atoms with Crippen LogP contribution in [0.3, 0.4) is 0 Å². The van der Waals surface area contributed by atoms with Crippen molar-refractivity contribution in [1.29, 1.82) is 0 Å². The zero-order valence-corrected chi connectivity index (χ0v) is 8.91. The molecule has 0 spiro atoms. The number of aryl methyl sites for hydroxylation is 1. The average Bonchev–Trinajstić information content (AvgIpc) is 2.20. The highest BCUT2D eigenvalue weighted by atomic mass is 19.1. The fraction of sp³-hybridized carbons (Fsp3) is 0.364. The normalized spacial score (nSPS) is 12.0. The van der Waals surface area contributed by atoms with Crippen molar-refractivity contribution in [1.82, 2.24) is 0 Å². The minimum Gasteiger partial charge on any atom is -0.479 e. The van der Waals surface area contributed by atoms with Gasteiger partial charge in [-0.25, -0.2) is 9.18 Å². The zero-order valence-electron chi connectivity index (χ0n) is 8.91. The van der Waals surface area contributed by atoms with Crippen LogP contribution in [0.15, 0.2) is 18.2 Å². The van der Waals surface area contributed by atoms with Gasteiger partial charge in [0, 0.05) is 0 Å². The van der Waals surface area contributed by atoms with Gasteiger partial charge in [0.05, 0.1) is 7.11 Å². The predicted octanol–water partition coefficient (Wildman–Crippen LogP) is 2.07. The molecule has 0 amide bonds. The summed E-state index contributed by atoms with van der Waals surface area (Å²) in [4.78, 5) is 11.1. The number of rotatable bonds is 3. The molecule has 1 aromatic carbocycles. The first-order valence-electron chi connectivity index (χ1n) is 4.55. The quantitative estimate of drug-likeness (QED) is 0.719. The summed E-state index contributed by atoms with van der Waals surface area (Å²) < 4.78 is 22.6. The molecule has 0 saturated carbocycles. The number of benzene rings is 1. The molecule has 0 radical (unpaired) electrons. The highest BCUT2D eigenvalue weighted by Crippen LogP contribution is 2.19. The molecule has 0 heterocycles. The van der Waals surface area contributed by atoms with Crippen LogP contribution in [-0.4, -0.2) is 19.2 Å². The van der Waals surface area contributed by atoms with Gasteiger partial charge in [0.1, 0.15) is 11.6 Å². The molecule has 4 heteroatoms. The summed E-state index contributed by atoms with van der Waals surface area (Å²) >= 11 is 0. The zero-order chi connectivity index (χ0) is 11.4. The van der Waals surface area contributed by atoms with Gasteiger partial charge < -0.3 is 9.47 Å². The van der Waals surface area contributed by atoms with Gasteiger partial charge in [0.15, 0.2) is 6.10 Å². The lowest BCUT2D eigenvalue weighted by molar-refractivity contribution is -0.147. The standard InChI is InChI=1S/C11H13FO3/c1-7-6-9(12)4-5-10(7)15-8(2)11(13)14-3/h4-6,8H,1-3H3/t8-/m1/s1. The van der Waals surface area contributed by atoms with Crippen molar-refractivity contribution in [3.05, 3.63) is 29.6 Å². The second-order valence-electron chi connectivity index (χ2n) is 3.19. The van der Waals surface area contributed by atoms with Gasteiger partial charge in [0.2, 0.25) is 0 Å². The maximum atomic E-state index is 12.8. The Balaban J connectivity index is 2.76. The van der Waals surface area contributed by atoms with E-state index in [0.29, 0.717) is 11.3 Å². The molecule has 0 aromatic heterocycles. The largest absolute Gasteiger partial charge is 0.479 e. The lowest BCUT2D eigenvalue weighted by Crippen LogP contribution is -2.25. The topological polar surface area (TPSA) is 35.5 Å². The van der Waals surface area contributed by atoms with Crippen molar-refractivity contribution >= 4 is 5.97 Å². The molecular formula is C11H13FO3. The van der Waals surface area contributed by atoms with Gasteiger partial charge >= 0.3 is 5.97 Å². The summed E-state index contributed by atoms with van der Waals surface area (Å²) in [7, 11) is 1.29. The third-order valence-electron chi connectivity index (χ3n) is 1.97. The van der Waals surface area contributed by atoms with Crippen molar-refractivity contribution in [3.8, 4) is 5.75 Å². The van der Waals surface area contributed by atoms with Gasteiger partial charge in [-0.3, -0.25) is 0 Å². The average molecular weight is 212 g/mol. The Kier molecular flexibility index (Phi) is 3.66. The van der Waals surface area contributed by atoms with Crippen molar-refractivity contribution in [2.24, 2.45) is 0 Å². The molecule has 0 unspecified atom stereocenters. The Bertz CT molecular complexity index is 363. The molecule has 0 aliphatic heterocycles. The smallest absolute Gasteiger partial charge is 0.346 e. The number of ether oxygens (including phenoxy) is 2. The van der Waals surface area contributed by atoms with Gasteiger partial charge in [-0.2, -0.15) is 0 Å². The molecule has 0 aliphatic rings. The van der Waals surface area contributed by atoms with E-state index in [1.807, 2.05) is 0 Å². The van der Waals surface area contributed by atoms with E-state index in [-0.39, 0.29) is 5.82 Å². The lowest BCUT2D eigenvalue weighted by atomic mass is 10.2. The van der Waals surface area contributed by atoms with Crippen LogP contribution in [0.2, 0.25) is 0 Å². The van der Waals surface area contributed by atoms with E-state index in [1.165, 1.54) is 25.3 Å². The van der Waals surface area contributed by atoms with Crippen LogP contribution in [0.5, 0.6) is 5.75 Å². The molecule has 0 bridgehead atoms. The van der Waals surface area contributed by atoms with E-state index in [1.54, 1.807) is 13.8 Å². The Hall–Kier alpha value is -1.58. The summed E-state index contributed by atoms with van der Waals surface area (Å²) in [6.07, 6.45) is -0.695. The number of carbonyl (C=O) groups is 1. The van der Waals surface area contributed by atoms with Gasteiger partial charge in [-0.05, 0) is 37.6 Å². The SMILES string of the molecule is COC(=O)[C@@H](C)Oc1ccc(F)cc1C. The van der Waals surface area contributed by atoms with E-state index in [0.717, 1.165) is 0 Å². The van der Waals surface area contributed by atoms with E-state index < -0.39 is 12.1 Å². The Morgan fingerprint density at radius 3 is 2.67 bits per heavy atom. The summed E-state index contributed by atoms with van der Waals surface area (Å²) in [5.74, 6) is -0.307. The molecule has 1 rings (SSSR count). The van der Waals surface area contributed by atoms with Gasteiger partial charge in [-0.1, -0.05) is 0 Å². The Morgan fingerprint density at radius 1 is 1.47 bits per heavy atom. The number of carbonyl (C=O) groups excluding carboxylic acids is 1. The molecule has 0 aliphatic carbocycles. The van der Waals surface area contributed by atoms with Crippen LogP contribution in [0.25, 0.3) is 0 Å². The maximum absolute atomic E-state index is 12.8. The van der Waals surface area contributed by atoms with Crippen LogP contribution in [0.1, 0.15) is 12.5 Å². The van der Waals surface area contributed by atoms with Crippen LogP contribution >= 0.6 is 0 Å². The molecule has 1 aromatic rings. The third-order valence-corrected chi connectivity index (χ3v) is 1.97. The van der Waals surface area contributed by atoms with E-state index in [9.17, 15) is 9.18 Å².